The predicted molar refractivity (Wildman–Crippen MR) is 190 cm³/mol. The Balaban J connectivity index is 4.24. The third-order valence-corrected chi connectivity index (χ3v) is 6.79. The lowest BCUT2D eigenvalue weighted by molar-refractivity contribution is -0.147. The average Bonchev–Trinajstić information content (AvgIpc) is 3.01. The number of carboxylic acids is 1. The third-order valence-electron chi connectivity index (χ3n) is 6.79. The Kier molecular flexibility index (Phi) is 31.9. The number of esters is 1. The molecule has 4 nitrogen and oxygen atoms in total. The van der Waals surface area contributed by atoms with Gasteiger partial charge in [0.25, 0.3) is 0 Å². The molecule has 0 aromatic heterocycles. The van der Waals surface area contributed by atoms with Crippen LogP contribution in [0.25, 0.3) is 0 Å². The van der Waals surface area contributed by atoms with E-state index in [1.165, 1.54) is 19.3 Å². The molecule has 1 atom stereocenters. The molecule has 0 aromatic carbocycles. The van der Waals surface area contributed by atoms with Crippen LogP contribution >= 0.6 is 0 Å². The van der Waals surface area contributed by atoms with Crippen molar-refractivity contribution in [2.45, 2.75) is 142 Å². The van der Waals surface area contributed by atoms with Crippen molar-refractivity contribution in [1.82, 2.24) is 0 Å². The maximum absolute atomic E-state index is 12.5. The van der Waals surface area contributed by atoms with Crippen LogP contribution in [0.15, 0.2) is 97.2 Å². The van der Waals surface area contributed by atoms with Gasteiger partial charge in [-0.15, -0.1) is 0 Å². The second-order valence-corrected chi connectivity index (χ2v) is 11.0. The van der Waals surface area contributed by atoms with Crippen LogP contribution in [0.3, 0.4) is 0 Å². The normalized spacial score (nSPS) is 13.5. The first-order valence-electron chi connectivity index (χ1n) is 17.2. The number of allylic oxidation sites excluding steroid dienone is 15. The van der Waals surface area contributed by atoms with Gasteiger partial charge in [0.15, 0.2) is 0 Å². The second-order valence-electron chi connectivity index (χ2n) is 11.0. The van der Waals surface area contributed by atoms with Crippen molar-refractivity contribution in [3.8, 4) is 0 Å². The van der Waals surface area contributed by atoms with Crippen molar-refractivity contribution in [1.29, 1.82) is 0 Å². The minimum absolute atomic E-state index is 0.167. The summed E-state index contributed by atoms with van der Waals surface area (Å²) >= 11 is 0. The molecule has 0 radical (unpaired) electrons. The number of hydrogen-bond acceptors (Lipinski definition) is 3. The second kappa shape index (κ2) is 34.4. The SMILES string of the molecule is CC/C=C\C/C=C\C/C=C\C/C=C\C/C=C\C/C=C\CCC(=O)OC(/C=C\C/C=C\CCCCC)CCCCCCC(=O)O. The first kappa shape index (κ1) is 40.9. The number of aliphatic carboxylic acids is 1. The molecule has 4 heteroatoms. The molecule has 0 rings (SSSR count). The van der Waals surface area contributed by atoms with E-state index in [4.69, 9.17) is 9.84 Å². The number of hydrogen-bond donors (Lipinski definition) is 1. The summed E-state index contributed by atoms with van der Waals surface area (Å²) in [5.74, 6) is -0.908. The van der Waals surface area contributed by atoms with E-state index in [1.54, 1.807) is 0 Å². The topological polar surface area (TPSA) is 63.6 Å². The van der Waals surface area contributed by atoms with Crippen molar-refractivity contribution < 1.29 is 19.4 Å². The third kappa shape index (κ3) is 33.4. The largest absolute Gasteiger partial charge is 0.481 e. The van der Waals surface area contributed by atoms with Gasteiger partial charge in [0, 0.05) is 12.8 Å². The smallest absolute Gasteiger partial charge is 0.306 e. The number of unbranched alkanes of at least 4 members (excludes halogenated alkanes) is 6. The molecule has 44 heavy (non-hydrogen) atoms. The van der Waals surface area contributed by atoms with Crippen LogP contribution in [0, 0.1) is 0 Å². The van der Waals surface area contributed by atoms with Crippen LogP contribution in [0.2, 0.25) is 0 Å². The van der Waals surface area contributed by atoms with Gasteiger partial charge < -0.3 is 9.84 Å². The van der Waals surface area contributed by atoms with E-state index in [9.17, 15) is 9.59 Å². The van der Waals surface area contributed by atoms with Crippen LogP contribution < -0.4 is 0 Å². The molecular weight excluding hydrogens is 544 g/mol. The lowest BCUT2D eigenvalue weighted by atomic mass is 10.1. The highest BCUT2D eigenvalue weighted by molar-refractivity contribution is 5.69. The van der Waals surface area contributed by atoms with Gasteiger partial charge in [0.1, 0.15) is 6.10 Å². The fraction of sp³-hybridized carbons (Fsp3) is 0.550. The monoisotopic (exact) mass is 606 g/mol. The number of rotatable bonds is 29. The maximum Gasteiger partial charge on any atom is 0.306 e. The summed E-state index contributed by atoms with van der Waals surface area (Å²) < 4.78 is 5.78. The van der Waals surface area contributed by atoms with Crippen molar-refractivity contribution in [2.24, 2.45) is 0 Å². The zero-order valence-corrected chi connectivity index (χ0v) is 27.9. The summed E-state index contributed by atoms with van der Waals surface area (Å²) in [5, 5.41) is 8.80. The molecule has 0 heterocycles. The van der Waals surface area contributed by atoms with Crippen LogP contribution in [-0.4, -0.2) is 23.1 Å². The Hall–Kier alpha value is -3.14. The summed E-state index contributed by atoms with van der Waals surface area (Å²) in [7, 11) is 0. The Morgan fingerprint density at radius 2 is 1.05 bits per heavy atom. The van der Waals surface area contributed by atoms with Gasteiger partial charge in [-0.1, -0.05) is 131 Å². The molecule has 0 aliphatic carbocycles. The molecule has 1 unspecified atom stereocenters. The number of carbonyl (C=O) groups is 2. The van der Waals surface area contributed by atoms with E-state index in [0.717, 1.165) is 77.0 Å². The number of ether oxygens (including phenoxy) is 1. The highest BCUT2D eigenvalue weighted by atomic mass is 16.5. The summed E-state index contributed by atoms with van der Waals surface area (Å²) in [5.41, 5.74) is 0. The molecule has 0 aromatic rings. The van der Waals surface area contributed by atoms with E-state index in [0.29, 0.717) is 19.3 Å². The summed E-state index contributed by atoms with van der Waals surface area (Å²) in [6.07, 6.45) is 51.5. The van der Waals surface area contributed by atoms with Crippen LogP contribution in [-0.2, 0) is 14.3 Å². The van der Waals surface area contributed by atoms with Crippen LogP contribution in [0.4, 0.5) is 0 Å². The van der Waals surface area contributed by atoms with E-state index in [1.807, 2.05) is 6.08 Å². The Morgan fingerprint density at radius 3 is 1.59 bits per heavy atom. The molecule has 0 fully saturated rings. The first-order valence-corrected chi connectivity index (χ1v) is 17.2. The van der Waals surface area contributed by atoms with Gasteiger partial charge in [0.2, 0.25) is 0 Å². The summed E-state index contributed by atoms with van der Waals surface area (Å²) in [6.45, 7) is 4.36. The number of carboxylic acid groups (broad SMARTS) is 1. The molecule has 0 aliphatic heterocycles. The van der Waals surface area contributed by atoms with Crippen molar-refractivity contribution in [3.63, 3.8) is 0 Å². The lowest BCUT2D eigenvalue weighted by Gasteiger charge is -2.14. The summed E-state index contributed by atoms with van der Waals surface area (Å²) in [4.78, 5) is 23.2. The molecule has 0 amide bonds. The van der Waals surface area contributed by atoms with Crippen molar-refractivity contribution in [3.05, 3.63) is 97.2 Å². The molecular formula is C40H62O4. The molecule has 0 bridgehead atoms. The molecule has 0 aliphatic rings. The van der Waals surface area contributed by atoms with Crippen molar-refractivity contribution in [2.75, 3.05) is 0 Å². The molecule has 1 N–H and O–H groups in total. The van der Waals surface area contributed by atoms with Gasteiger partial charge in [-0.2, -0.15) is 0 Å². The lowest BCUT2D eigenvalue weighted by Crippen LogP contribution is -2.16. The van der Waals surface area contributed by atoms with Crippen LogP contribution in [0.1, 0.15) is 136 Å². The van der Waals surface area contributed by atoms with E-state index < -0.39 is 5.97 Å². The van der Waals surface area contributed by atoms with Gasteiger partial charge in [-0.3, -0.25) is 9.59 Å². The highest BCUT2D eigenvalue weighted by Gasteiger charge is 2.11. The Morgan fingerprint density at radius 1 is 0.545 bits per heavy atom. The highest BCUT2D eigenvalue weighted by Crippen LogP contribution is 2.13. The molecule has 246 valence electrons. The predicted octanol–water partition coefficient (Wildman–Crippen LogP) is 11.9. The Labute approximate surface area is 270 Å². The van der Waals surface area contributed by atoms with Gasteiger partial charge in [-0.05, 0) is 89.5 Å². The van der Waals surface area contributed by atoms with E-state index in [2.05, 4.69) is 105 Å². The Bertz CT molecular complexity index is 914. The van der Waals surface area contributed by atoms with Gasteiger partial charge in [-0.25, -0.2) is 0 Å². The van der Waals surface area contributed by atoms with Crippen LogP contribution in [0.5, 0.6) is 0 Å². The molecule has 0 spiro atoms. The fourth-order valence-electron chi connectivity index (χ4n) is 4.27. The first-order chi connectivity index (χ1) is 21.6. The zero-order valence-electron chi connectivity index (χ0n) is 27.9. The molecule has 0 saturated heterocycles. The quantitative estimate of drug-likeness (QED) is 0.0522. The zero-order chi connectivity index (χ0) is 32.2. The minimum Gasteiger partial charge on any atom is -0.481 e. The van der Waals surface area contributed by atoms with Gasteiger partial charge in [0.05, 0.1) is 0 Å². The molecule has 0 saturated carbocycles. The number of carbonyl (C=O) groups excluding carboxylic acids is 1. The van der Waals surface area contributed by atoms with E-state index >= 15 is 0 Å². The summed E-state index contributed by atoms with van der Waals surface area (Å²) in [6, 6.07) is 0. The standard InChI is InChI=1S/C40H62O4/c1-3-5-7-9-11-13-14-15-16-17-18-19-20-21-22-23-25-27-33-37-40(43)44-38(35-31-28-29-32-36-39(41)42)34-30-26-24-12-10-8-6-4-2/h5,7,11-13,15-16,18-19,21-22,24-25,27,30,34,38H,3-4,6,8-10,14,17,20,23,26,28-29,31-33,35-37H2,1-2H3,(H,41,42)/b7-5-,13-11-,16-15-,19-18-,22-21-,24-12-,27-25-,34-30-. The average molecular weight is 607 g/mol. The van der Waals surface area contributed by atoms with E-state index in [-0.39, 0.29) is 18.5 Å². The van der Waals surface area contributed by atoms with Crippen molar-refractivity contribution >= 4 is 11.9 Å². The fourth-order valence-corrected chi connectivity index (χ4v) is 4.27. The van der Waals surface area contributed by atoms with Gasteiger partial charge >= 0.3 is 11.9 Å². The maximum atomic E-state index is 12.5. The minimum atomic E-state index is -0.741.